The third kappa shape index (κ3) is 5.69. The predicted octanol–water partition coefficient (Wildman–Crippen LogP) is 5.83. The third-order valence-electron chi connectivity index (χ3n) is 4.77. The third-order valence-corrected chi connectivity index (χ3v) is 5.93. The van der Waals surface area contributed by atoms with E-state index in [0.717, 1.165) is 11.1 Å². The highest BCUT2D eigenvalue weighted by Gasteiger charge is 2.24. The maximum Gasteiger partial charge on any atom is 0.264 e. The van der Waals surface area contributed by atoms with Crippen LogP contribution in [0.4, 0.5) is 5.69 Å². The minimum Gasteiger partial charge on any atom is -0.497 e. The second-order valence-corrected chi connectivity index (χ2v) is 8.44. The number of rotatable bonds is 7. The molecule has 0 aliphatic carbocycles. The Morgan fingerprint density at radius 3 is 2.55 bits per heavy atom. The number of aliphatic imine (C=N–C) groups is 1. The van der Waals surface area contributed by atoms with E-state index in [0.29, 0.717) is 44.6 Å². The molecule has 0 atom stereocenters. The molecule has 3 aromatic rings. The van der Waals surface area contributed by atoms with Crippen LogP contribution in [0.25, 0.3) is 6.08 Å². The lowest BCUT2D eigenvalue weighted by atomic mass is 10.2. The van der Waals surface area contributed by atoms with Gasteiger partial charge >= 0.3 is 0 Å². The Morgan fingerprint density at radius 2 is 1.79 bits per heavy atom. The molecule has 0 saturated carbocycles. The van der Waals surface area contributed by atoms with Gasteiger partial charge in [0.2, 0.25) is 0 Å². The van der Waals surface area contributed by atoms with Gasteiger partial charge in [0.1, 0.15) is 29.5 Å². The van der Waals surface area contributed by atoms with Gasteiger partial charge in [-0.15, -0.1) is 0 Å². The number of para-hydroxylation sites is 1. The van der Waals surface area contributed by atoms with Gasteiger partial charge in [-0.25, -0.2) is 4.99 Å². The minimum absolute atomic E-state index is 0.223. The van der Waals surface area contributed by atoms with E-state index in [1.165, 1.54) is 11.8 Å². The Morgan fingerprint density at radius 1 is 1.00 bits per heavy atom. The average Bonchev–Trinajstić information content (AvgIpc) is 3.18. The summed E-state index contributed by atoms with van der Waals surface area (Å²) in [5, 5.41) is 3.95. The smallest absolute Gasteiger partial charge is 0.264 e. The quantitative estimate of drug-likeness (QED) is 0.431. The summed E-state index contributed by atoms with van der Waals surface area (Å²) in [6.07, 6.45) is 1.80. The van der Waals surface area contributed by atoms with Crippen LogP contribution in [0.2, 0.25) is 5.02 Å². The van der Waals surface area contributed by atoms with Gasteiger partial charge in [0.15, 0.2) is 5.17 Å². The normalized spacial score (nSPS) is 15.5. The van der Waals surface area contributed by atoms with E-state index in [-0.39, 0.29) is 5.91 Å². The lowest BCUT2D eigenvalue weighted by Crippen LogP contribution is -2.19. The maximum absolute atomic E-state index is 12.6. The number of methoxy groups -OCH3 is 2. The number of benzene rings is 3. The summed E-state index contributed by atoms with van der Waals surface area (Å²) in [7, 11) is 3.15. The molecule has 33 heavy (non-hydrogen) atoms. The van der Waals surface area contributed by atoms with Crippen molar-refractivity contribution in [1.82, 2.24) is 5.32 Å². The molecule has 168 valence electrons. The molecule has 1 amide bonds. The van der Waals surface area contributed by atoms with Crippen LogP contribution in [0.5, 0.6) is 17.2 Å². The first-order chi connectivity index (χ1) is 16.1. The number of hydrogen-bond acceptors (Lipinski definition) is 6. The van der Waals surface area contributed by atoms with Crippen molar-refractivity contribution in [1.29, 1.82) is 0 Å². The highest BCUT2D eigenvalue weighted by Crippen LogP contribution is 2.35. The maximum atomic E-state index is 12.6. The number of carbonyl (C=O) groups is 1. The summed E-state index contributed by atoms with van der Waals surface area (Å²) >= 11 is 7.20. The van der Waals surface area contributed by atoms with Crippen LogP contribution in [0.15, 0.2) is 76.6 Å². The van der Waals surface area contributed by atoms with E-state index < -0.39 is 0 Å². The van der Waals surface area contributed by atoms with Gasteiger partial charge in [0, 0.05) is 16.7 Å². The van der Waals surface area contributed by atoms with Crippen LogP contribution in [0, 0.1) is 0 Å². The van der Waals surface area contributed by atoms with E-state index in [1.807, 2.05) is 48.5 Å². The van der Waals surface area contributed by atoms with Crippen LogP contribution >= 0.6 is 23.4 Å². The summed E-state index contributed by atoms with van der Waals surface area (Å²) in [4.78, 5) is 17.6. The van der Waals surface area contributed by atoms with E-state index in [4.69, 9.17) is 25.8 Å². The van der Waals surface area contributed by atoms with Gasteiger partial charge in [-0.05, 0) is 53.7 Å². The monoisotopic (exact) mass is 480 g/mol. The molecule has 0 radical (unpaired) electrons. The number of nitrogens with one attached hydrogen (secondary N) is 1. The number of carbonyl (C=O) groups excluding carboxylic acids is 1. The zero-order chi connectivity index (χ0) is 23.2. The van der Waals surface area contributed by atoms with E-state index in [2.05, 4.69) is 10.3 Å². The summed E-state index contributed by atoms with van der Waals surface area (Å²) < 4.78 is 16.6. The molecule has 1 aliphatic heterocycles. The van der Waals surface area contributed by atoms with Crippen LogP contribution in [0.1, 0.15) is 11.1 Å². The van der Waals surface area contributed by atoms with Crippen LogP contribution in [-0.4, -0.2) is 25.3 Å². The van der Waals surface area contributed by atoms with Crippen molar-refractivity contribution in [3.05, 3.63) is 87.8 Å². The fourth-order valence-electron chi connectivity index (χ4n) is 3.08. The largest absolute Gasteiger partial charge is 0.497 e. The van der Waals surface area contributed by atoms with Crippen molar-refractivity contribution in [2.75, 3.05) is 14.2 Å². The summed E-state index contributed by atoms with van der Waals surface area (Å²) in [6, 6.07) is 20.4. The topological polar surface area (TPSA) is 69.2 Å². The summed E-state index contributed by atoms with van der Waals surface area (Å²) in [5.74, 6) is 1.67. The molecule has 1 saturated heterocycles. The number of amidine groups is 1. The lowest BCUT2D eigenvalue weighted by molar-refractivity contribution is -0.115. The van der Waals surface area contributed by atoms with Crippen molar-refractivity contribution in [3.63, 3.8) is 0 Å². The fourth-order valence-corrected chi connectivity index (χ4v) is 4.03. The molecule has 4 rings (SSSR count). The first kappa shape index (κ1) is 22.8. The average molecular weight is 481 g/mol. The van der Waals surface area contributed by atoms with Gasteiger partial charge < -0.3 is 19.5 Å². The second kappa shape index (κ2) is 10.5. The number of halogens is 1. The Kier molecular flexibility index (Phi) is 7.22. The van der Waals surface area contributed by atoms with Crippen molar-refractivity contribution in [2.45, 2.75) is 6.61 Å². The number of ether oxygens (including phenoxy) is 3. The number of thioether (sulfide) groups is 1. The standard InChI is InChI=1S/C25H21ClN2O4S/c1-30-19-11-12-20(22(14-19)31-2)27-25-28-24(29)23(33-25)13-17-5-3-4-6-21(17)32-15-16-7-9-18(26)10-8-16/h3-14H,15H2,1-2H3,(H,27,28,29). The Balaban J connectivity index is 1.53. The zero-order valence-corrected chi connectivity index (χ0v) is 19.6. The molecular weight excluding hydrogens is 460 g/mol. The molecule has 1 aliphatic rings. The van der Waals surface area contributed by atoms with Crippen LogP contribution < -0.4 is 19.5 Å². The molecular formula is C25H21ClN2O4S. The lowest BCUT2D eigenvalue weighted by Gasteiger charge is -2.09. The molecule has 0 aromatic heterocycles. The molecule has 0 unspecified atom stereocenters. The van der Waals surface area contributed by atoms with E-state index in [1.54, 1.807) is 38.5 Å². The van der Waals surface area contributed by atoms with Crippen molar-refractivity contribution in [2.24, 2.45) is 4.99 Å². The molecule has 8 heteroatoms. The molecule has 6 nitrogen and oxygen atoms in total. The molecule has 1 N–H and O–H groups in total. The first-order valence-electron chi connectivity index (χ1n) is 10.0. The van der Waals surface area contributed by atoms with Crippen molar-refractivity contribution >= 4 is 46.2 Å². The SMILES string of the molecule is COc1ccc(N=C2NC(=O)C(=Cc3ccccc3OCc3ccc(Cl)cc3)S2)c(OC)c1. The van der Waals surface area contributed by atoms with Gasteiger partial charge in [-0.3, -0.25) is 4.79 Å². The van der Waals surface area contributed by atoms with E-state index in [9.17, 15) is 4.79 Å². The summed E-state index contributed by atoms with van der Waals surface area (Å²) in [5.41, 5.74) is 2.39. The van der Waals surface area contributed by atoms with Gasteiger partial charge in [-0.1, -0.05) is 41.9 Å². The zero-order valence-electron chi connectivity index (χ0n) is 18.0. The summed E-state index contributed by atoms with van der Waals surface area (Å²) in [6.45, 7) is 0.390. The first-order valence-corrected chi connectivity index (χ1v) is 11.2. The second-order valence-electron chi connectivity index (χ2n) is 6.97. The fraction of sp³-hybridized carbons (Fsp3) is 0.120. The molecule has 0 bridgehead atoms. The minimum atomic E-state index is -0.223. The van der Waals surface area contributed by atoms with Crippen molar-refractivity contribution < 1.29 is 19.0 Å². The molecule has 3 aromatic carbocycles. The number of nitrogens with zero attached hydrogens (tertiary/aromatic N) is 1. The Bertz CT molecular complexity index is 1230. The number of hydrogen-bond donors (Lipinski definition) is 1. The predicted molar refractivity (Wildman–Crippen MR) is 133 cm³/mol. The number of amides is 1. The van der Waals surface area contributed by atoms with Crippen molar-refractivity contribution in [3.8, 4) is 17.2 Å². The highest BCUT2D eigenvalue weighted by atomic mass is 35.5. The van der Waals surface area contributed by atoms with Gasteiger partial charge in [0.05, 0.1) is 19.1 Å². The Hall–Kier alpha value is -3.42. The van der Waals surface area contributed by atoms with E-state index >= 15 is 0 Å². The van der Waals surface area contributed by atoms with Crippen LogP contribution in [-0.2, 0) is 11.4 Å². The molecule has 0 spiro atoms. The highest BCUT2D eigenvalue weighted by molar-refractivity contribution is 8.18. The molecule has 1 heterocycles. The van der Waals surface area contributed by atoms with Gasteiger partial charge in [-0.2, -0.15) is 0 Å². The molecule has 1 fully saturated rings. The Labute approximate surface area is 201 Å². The van der Waals surface area contributed by atoms with Gasteiger partial charge in [0.25, 0.3) is 5.91 Å². The van der Waals surface area contributed by atoms with Crippen LogP contribution in [0.3, 0.4) is 0 Å².